The second-order valence-corrected chi connectivity index (χ2v) is 6.91. The van der Waals surface area contributed by atoms with Crippen molar-refractivity contribution in [1.29, 1.82) is 0 Å². The van der Waals surface area contributed by atoms with Crippen LogP contribution in [0.5, 0.6) is 5.75 Å². The maximum Gasteiger partial charge on any atom is 0.434 e. The van der Waals surface area contributed by atoms with Crippen LogP contribution < -0.4 is 15.0 Å². The molecule has 0 aliphatic carbocycles. The minimum Gasteiger partial charge on any atom is -0.429 e. The van der Waals surface area contributed by atoms with E-state index in [0.29, 0.717) is 32.5 Å². The van der Waals surface area contributed by atoms with E-state index < -0.39 is 18.5 Å². The minimum atomic E-state index is -4.49. The van der Waals surface area contributed by atoms with Crippen molar-refractivity contribution in [3.63, 3.8) is 0 Å². The molecule has 1 N–H and O–H groups in total. The maximum absolute atomic E-state index is 12.8. The number of halogens is 6. The van der Waals surface area contributed by atoms with Crippen molar-refractivity contribution < 1.29 is 26.7 Å². The molecule has 13 heteroatoms. The summed E-state index contributed by atoms with van der Waals surface area (Å²) in [6.45, 7) is -1.59. The summed E-state index contributed by atoms with van der Waals surface area (Å²) in [7, 11) is 1.52. The zero-order valence-electron chi connectivity index (χ0n) is 15.3. The molecule has 1 saturated heterocycles. The Morgan fingerprint density at radius 3 is 2.55 bits per heavy atom. The lowest BCUT2D eigenvalue weighted by Crippen LogP contribution is -2.37. The van der Waals surface area contributed by atoms with E-state index in [9.17, 15) is 22.0 Å². The fourth-order valence-electron chi connectivity index (χ4n) is 3.12. The first-order chi connectivity index (χ1) is 13.6. The van der Waals surface area contributed by atoms with Gasteiger partial charge < -0.3 is 19.5 Å². The molecule has 0 spiro atoms. The smallest absolute Gasteiger partial charge is 0.429 e. The maximum atomic E-state index is 12.8. The molecule has 0 bridgehead atoms. The summed E-state index contributed by atoms with van der Waals surface area (Å²) in [6.07, 6.45) is -1.12. The average Bonchev–Trinajstić information content (AvgIpc) is 3.04. The van der Waals surface area contributed by atoms with Crippen LogP contribution in [0.1, 0.15) is 18.5 Å². The van der Waals surface area contributed by atoms with Crippen LogP contribution in [0.25, 0.3) is 0 Å². The van der Waals surface area contributed by atoms with E-state index in [1.54, 1.807) is 4.90 Å². The van der Waals surface area contributed by atoms with Crippen LogP contribution in [-0.2, 0) is 13.2 Å². The zero-order valence-corrected chi connectivity index (χ0v) is 16.0. The molecule has 2 aromatic rings. The predicted octanol–water partition coefficient (Wildman–Crippen LogP) is 3.81. The van der Waals surface area contributed by atoms with Crippen LogP contribution in [0.2, 0.25) is 5.28 Å². The highest BCUT2D eigenvalue weighted by atomic mass is 35.5. The minimum absolute atomic E-state index is 0.0617. The fraction of sp³-hybridized carbons (Fsp3) is 0.562. The Morgan fingerprint density at radius 1 is 1.28 bits per heavy atom. The van der Waals surface area contributed by atoms with Gasteiger partial charge in [-0.15, -0.1) is 0 Å². The highest BCUT2D eigenvalue weighted by molar-refractivity contribution is 6.28. The number of aromatic nitrogens is 4. The van der Waals surface area contributed by atoms with Crippen molar-refractivity contribution in [2.75, 3.05) is 29.9 Å². The van der Waals surface area contributed by atoms with Crippen molar-refractivity contribution in [3.8, 4) is 5.75 Å². The number of rotatable bonds is 6. The van der Waals surface area contributed by atoms with Gasteiger partial charge in [-0.25, -0.2) is 9.97 Å². The molecule has 3 heterocycles. The average molecular weight is 441 g/mol. The largest absolute Gasteiger partial charge is 0.434 e. The molecule has 1 aliphatic rings. The lowest BCUT2D eigenvalue weighted by Gasteiger charge is -2.32. The van der Waals surface area contributed by atoms with E-state index in [0.717, 1.165) is 12.4 Å². The summed E-state index contributed by atoms with van der Waals surface area (Å²) >= 11 is 5.71. The van der Waals surface area contributed by atoms with E-state index in [1.165, 1.54) is 11.6 Å². The van der Waals surface area contributed by atoms with Crippen molar-refractivity contribution >= 4 is 23.4 Å². The van der Waals surface area contributed by atoms with Gasteiger partial charge in [-0.1, -0.05) is 0 Å². The second-order valence-electron chi connectivity index (χ2n) is 6.58. The lowest BCUT2D eigenvalue weighted by atomic mass is 9.97. The standard InChI is InChI=1S/C16H18ClF5N6O/c1-27-8-11(16(20,21)22)25-15(27)28-4-2-9(3-5-28)6-23-12-10(29-14(18)19)7-24-13(17)26-12/h7-9,14H,2-6H2,1H3,(H,23,24,26). The molecule has 1 fully saturated rings. The van der Waals surface area contributed by atoms with Crippen LogP contribution in [-0.4, -0.2) is 45.8 Å². The fourth-order valence-corrected chi connectivity index (χ4v) is 3.26. The highest BCUT2D eigenvalue weighted by Crippen LogP contribution is 2.31. The number of anilines is 2. The van der Waals surface area contributed by atoms with Gasteiger partial charge in [0, 0.05) is 32.9 Å². The molecule has 7 nitrogen and oxygen atoms in total. The number of ether oxygens (including phenoxy) is 1. The van der Waals surface area contributed by atoms with E-state index in [4.69, 9.17) is 11.6 Å². The lowest BCUT2D eigenvalue weighted by molar-refractivity contribution is -0.140. The number of alkyl halides is 5. The van der Waals surface area contributed by atoms with Crippen LogP contribution >= 0.6 is 11.6 Å². The number of aryl methyl sites for hydroxylation is 1. The van der Waals surface area contributed by atoms with Crippen molar-refractivity contribution in [2.45, 2.75) is 25.6 Å². The predicted molar refractivity (Wildman–Crippen MR) is 95.3 cm³/mol. The van der Waals surface area contributed by atoms with E-state index >= 15 is 0 Å². The molecule has 1 aliphatic heterocycles. The van der Waals surface area contributed by atoms with Crippen LogP contribution in [0, 0.1) is 5.92 Å². The van der Waals surface area contributed by atoms with Crippen LogP contribution in [0.3, 0.4) is 0 Å². The molecule has 160 valence electrons. The number of piperidine rings is 1. The normalized spacial score (nSPS) is 15.8. The molecule has 0 radical (unpaired) electrons. The Labute approximate surface area is 167 Å². The Morgan fingerprint density at radius 2 is 1.97 bits per heavy atom. The molecule has 29 heavy (non-hydrogen) atoms. The summed E-state index contributed by atoms with van der Waals surface area (Å²) in [5.41, 5.74) is -0.925. The molecule has 0 atom stereocenters. The first-order valence-electron chi connectivity index (χ1n) is 8.70. The third-order valence-electron chi connectivity index (χ3n) is 4.54. The number of nitrogens with one attached hydrogen (secondary N) is 1. The zero-order chi connectivity index (χ0) is 21.2. The Bertz CT molecular complexity index is 838. The summed E-state index contributed by atoms with van der Waals surface area (Å²) in [5.74, 6) is 0.266. The summed E-state index contributed by atoms with van der Waals surface area (Å²) in [4.78, 5) is 13.0. The second kappa shape index (κ2) is 8.56. The molecule has 0 unspecified atom stereocenters. The number of nitrogens with zero attached hydrogens (tertiary/aromatic N) is 5. The SMILES string of the molecule is Cn1cc(C(F)(F)F)nc1N1CCC(CNc2nc(Cl)ncc2OC(F)F)CC1. The van der Waals surface area contributed by atoms with E-state index in [-0.39, 0.29) is 28.7 Å². The summed E-state index contributed by atoms with van der Waals surface area (Å²) in [6, 6.07) is 0. The van der Waals surface area contributed by atoms with Gasteiger partial charge in [-0.05, 0) is 30.4 Å². The number of hydrogen-bond donors (Lipinski definition) is 1. The molecule has 3 rings (SSSR count). The van der Waals surface area contributed by atoms with Crippen molar-refractivity contribution in [3.05, 3.63) is 23.4 Å². The van der Waals surface area contributed by atoms with Gasteiger partial charge in [0.1, 0.15) is 0 Å². The Balaban J connectivity index is 1.57. The van der Waals surface area contributed by atoms with Crippen molar-refractivity contribution in [1.82, 2.24) is 19.5 Å². The number of imidazole rings is 1. The summed E-state index contributed by atoms with van der Waals surface area (Å²) < 4.78 is 69.2. The Kier molecular flexibility index (Phi) is 6.30. The molecular weight excluding hydrogens is 423 g/mol. The molecule has 0 aromatic carbocycles. The van der Waals surface area contributed by atoms with Gasteiger partial charge in [0.05, 0.1) is 6.20 Å². The van der Waals surface area contributed by atoms with Crippen LogP contribution in [0.4, 0.5) is 33.7 Å². The molecular formula is C16H18ClF5N6O. The van der Waals surface area contributed by atoms with Gasteiger partial charge in [-0.3, -0.25) is 0 Å². The molecule has 2 aromatic heterocycles. The molecule has 0 saturated carbocycles. The summed E-state index contributed by atoms with van der Waals surface area (Å²) in [5, 5.41) is 2.83. The topological polar surface area (TPSA) is 68.1 Å². The van der Waals surface area contributed by atoms with Crippen LogP contribution in [0.15, 0.2) is 12.4 Å². The van der Waals surface area contributed by atoms with Gasteiger partial charge in [0.2, 0.25) is 11.2 Å². The van der Waals surface area contributed by atoms with Gasteiger partial charge in [0.25, 0.3) is 0 Å². The highest BCUT2D eigenvalue weighted by Gasteiger charge is 2.35. The quantitative estimate of drug-likeness (QED) is 0.544. The Hall–Kier alpha value is -2.37. The molecule has 0 amide bonds. The third-order valence-corrected chi connectivity index (χ3v) is 4.72. The third kappa shape index (κ3) is 5.37. The van der Waals surface area contributed by atoms with E-state index in [2.05, 4.69) is 25.0 Å². The number of hydrogen-bond acceptors (Lipinski definition) is 6. The van der Waals surface area contributed by atoms with E-state index in [1.807, 2.05) is 0 Å². The van der Waals surface area contributed by atoms with Crippen molar-refractivity contribution in [2.24, 2.45) is 13.0 Å². The van der Waals surface area contributed by atoms with Gasteiger partial charge in [0.15, 0.2) is 17.3 Å². The first-order valence-corrected chi connectivity index (χ1v) is 9.08. The monoisotopic (exact) mass is 440 g/mol. The van der Waals surface area contributed by atoms with Gasteiger partial charge >= 0.3 is 12.8 Å². The van der Waals surface area contributed by atoms with Gasteiger partial charge in [-0.2, -0.15) is 26.9 Å². The first kappa shape index (κ1) is 21.3.